The average molecular weight is 341 g/mol. The average Bonchev–Trinajstić information content (AvgIpc) is 3.18. The first-order valence-electron chi connectivity index (χ1n) is 7.42. The van der Waals surface area contributed by atoms with Crippen molar-refractivity contribution in [3.8, 4) is 0 Å². The second kappa shape index (κ2) is 6.28. The van der Waals surface area contributed by atoms with Crippen molar-refractivity contribution in [3.63, 3.8) is 0 Å². The third-order valence-corrected chi connectivity index (χ3v) is 4.33. The van der Waals surface area contributed by atoms with Gasteiger partial charge in [-0.25, -0.2) is 8.78 Å². The first kappa shape index (κ1) is 15.9. The maximum Gasteiger partial charge on any atom is 0.256 e. The van der Waals surface area contributed by atoms with E-state index in [-0.39, 0.29) is 16.6 Å². The maximum atomic E-state index is 13.4. The fraction of sp³-hybridized carbons (Fsp3) is 0.375. The number of rotatable bonds is 3. The molecule has 0 radical (unpaired) electrons. The fourth-order valence-electron chi connectivity index (χ4n) is 2.80. The van der Waals surface area contributed by atoms with Crippen LogP contribution in [-0.4, -0.2) is 22.5 Å². The molecule has 122 valence electrons. The van der Waals surface area contributed by atoms with Gasteiger partial charge in [-0.15, -0.1) is 0 Å². The molecular weight excluding hydrogens is 326 g/mol. The molecule has 0 bridgehead atoms. The zero-order chi connectivity index (χ0) is 16.6. The minimum absolute atomic E-state index is 0.0484. The largest absolute Gasteiger partial charge is 0.359 e. The highest BCUT2D eigenvalue weighted by Gasteiger charge is 2.34. The summed E-state index contributed by atoms with van der Waals surface area (Å²) >= 11 is 5.91. The number of aryl methyl sites for hydroxylation is 1. The van der Waals surface area contributed by atoms with Gasteiger partial charge in [0.1, 0.15) is 0 Å². The van der Waals surface area contributed by atoms with Gasteiger partial charge >= 0.3 is 0 Å². The third-order valence-electron chi connectivity index (χ3n) is 4.02. The molecule has 4 nitrogen and oxygen atoms in total. The van der Waals surface area contributed by atoms with Crippen molar-refractivity contribution in [2.24, 2.45) is 0 Å². The number of benzene rings is 1. The lowest BCUT2D eigenvalue weighted by atomic mass is 10.1. The minimum Gasteiger partial charge on any atom is -0.359 e. The van der Waals surface area contributed by atoms with E-state index >= 15 is 0 Å². The molecule has 3 rings (SSSR count). The van der Waals surface area contributed by atoms with Gasteiger partial charge in [-0.1, -0.05) is 23.7 Å². The van der Waals surface area contributed by atoms with Gasteiger partial charge in [0.05, 0.1) is 22.3 Å². The molecule has 7 heteroatoms. The highest BCUT2D eigenvalue weighted by Crippen LogP contribution is 2.34. The Labute approximate surface area is 137 Å². The van der Waals surface area contributed by atoms with E-state index in [4.69, 9.17) is 16.1 Å². The van der Waals surface area contributed by atoms with Crippen molar-refractivity contribution in [1.82, 2.24) is 10.1 Å². The van der Waals surface area contributed by atoms with Crippen LogP contribution in [0.5, 0.6) is 0 Å². The van der Waals surface area contributed by atoms with Crippen LogP contribution in [0, 0.1) is 11.6 Å². The third kappa shape index (κ3) is 2.95. The Balaban J connectivity index is 1.90. The number of hydrogen-bond donors (Lipinski definition) is 0. The van der Waals surface area contributed by atoms with E-state index in [1.54, 1.807) is 4.90 Å². The first-order chi connectivity index (χ1) is 11.0. The van der Waals surface area contributed by atoms with Gasteiger partial charge in [0.25, 0.3) is 5.91 Å². The standard InChI is InChI=1S/C16H15ClF2N2O2/c1-2-9-6-15(23-20-9)14-4-3-5-21(14)16(22)10-7-12(18)13(19)8-11(10)17/h6-8,14H,2-5H2,1H3/t14-/m0/s1. The summed E-state index contributed by atoms with van der Waals surface area (Å²) in [6, 6.07) is 3.22. The van der Waals surface area contributed by atoms with Crippen LogP contribution >= 0.6 is 11.6 Å². The normalized spacial score (nSPS) is 17.7. The summed E-state index contributed by atoms with van der Waals surface area (Å²) in [5.74, 6) is -2.01. The van der Waals surface area contributed by atoms with Gasteiger partial charge in [-0.05, 0) is 31.4 Å². The van der Waals surface area contributed by atoms with Crippen LogP contribution in [0.2, 0.25) is 5.02 Å². The van der Waals surface area contributed by atoms with Crippen LogP contribution in [0.1, 0.15) is 47.6 Å². The molecule has 0 saturated carbocycles. The number of likely N-dealkylation sites (tertiary alicyclic amines) is 1. The molecule has 1 aliphatic heterocycles. The molecule has 2 heterocycles. The van der Waals surface area contributed by atoms with Gasteiger partial charge in [-0.3, -0.25) is 4.79 Å². The molecular formula is C16H15ClF2N2O2. The van der Waals surface area contributed by atoms with Crippen LogP contribution in [0.3, 0.4) is 0 Å². The Morgan fingerprint density at radius 2 is 2.13 bits per heavy atom. The van der Waals surface area contributed by atoms with Gasteiger partial charge < -0.3 is 9.42 Å². The van der Waals surface area contributed by atoms with E-state index in [2.05, 4.69) is 5.16 Å². The highest BCUT2D eigenvalue weighted by molar-refractivity contribution is 6.33. The molecule has 0 unspecified atom stereocenters. The second-order valence-electron chi connectivity index (χ2n) is 5.48. The quantitative estimate of drug-likeness (QED) is 0.789. The highest BCUT2D eigenvalue weighted by atomic mass is 35.5. The van der Waals surface area contributed by atoms with Crippen LogP contribution in [0.4, 0.5) is 8.78 Å². The van der Waals surface area contributed by atoms with E-state index in [0.717, 1.165) is 37.1 Å². The summed E-state index contributed by atoms with van der Waals surface area (Å²) in [5, 5.41) is 3.84. The minimum atomic E-state index is -1.10. The molecule has 2 aromatic rings. The summed E-state index contributed by atoms with van der Waals surface area (Å²) in [6.45, 7) is 2.46. The Kier molecular flexibility index (Phi) is 4.35. The first-order valence-corrected chi connectivity index (χ1v) is 7.80. The molecule has 0 spiro atoms. The van der Waals surface area contributed by atoms with Gasteiger partial charge in [0.2, 0.25) is 0 Å². The Bertz CT molecular complexity index is 748. The van der Waals surface area contributed by atoms with Crippen LogP contribution < -0.4 is 0 Å². The number of amides is 1. The lowest BCUT2D eigenvalue weighted by molar-refractivity contribution is 0.0714. The number of carbonyl (C=O) groups is 1. The van der Waals surface area contributed by atoms with Crippen molar-refractivity contribution in [2.75, 3.05) is 6.54 Å². The fourth-order valence-corrected chi connectivity index (χ4v) is 3.03. The van der Waals surface area contributed by atoms with E-state index in [0.29, 0.717) is 12.3 Å². The lowest BCUT2D eigenvalue weighted by Crippen LogP contribution is -2.30. The Morgan fingerprint density at radius 3 is 2.83 bits per heavy atom. The smallest absolute Gasteiger partial charge is 0.256 e. The van der Waals surface area contributed by atoms with Crippen LogP contribution in [0.15, 0.2) is 22.7 Å². The zero-order valence-corrected chi connectivity index (χ0v) is 13.2. The Hall–Kier alpha value is -1.95. The molecule has 1 aromatic heterocycles. The van der Waals surface area contributed by atoms with Crippen molar-refractivity contribution >= 4 is 17.5 Å². The van der Waals surface area contributed by atoms with Crippen molar-refractivity contribution < 1.29 is 18.1 Å². The molecule has 1 aromatic carbocycles. The Morgan fingerprint density at radius 1 is 1.39 bits per heavy atom. The molecule has 1 amide bonds. The molecule has 0 N–H and O–H groups in total. The van der Waals surface area contributed by atoms with Gasteiger partial charge in [0, 0.05) is 12.6 Å². The van der Waals surface area contributed by atoms with Crippen molar-refractivity contribution in [1.29, 1.82) is 0 Å². The number of aromatic nitrogens is 1. The number of nitrogens with zero attached hydrogens (tertiary/aromatic N) is 2. The van der Waals surface area contributed by atoms with E-state index < -0.39 is 17.5 Å². The van der Waals surface area contributed by atoms with Gasteiger partial charge in [0.15, 0.2) is 17.4 Å². The molecule has 1 saturated heterocycles. The summed E-state index contributed by atoms with van der Waals surface area (Å²) in [7, 11) is 0. The molecule has 1 aliphatic rings. The van der Waals surface area contributed by atoms with E-state index in [1.165, 1.54) is 0 Å². The predicted octanol–water partition coefficient (Wildman–Crippen LogP) is 4.15. The zero-order valence-electron chi connectivity index (χ0n) is 12.5. The summed E-state index contributed by atoms with van der Waals surface area (Å²) in [5.41, 5.74) is 0.762. The topological polar surface area (TPSA) is 46.3 Å². The monoisotopic (exact) mass is 340 g/mol. The predicted molar refractivity (Wildman–Crippen MR) is 80.3 cm³/mol. The molecule has 1 atom stereocenters. The summed E-state index contributed by atoms with van der Waals surface area (Å²) < 4.78 is 31.9. The SMILES string of the molecule is CCc1cc([C@@H]2CCCN2C(=O)c2cc(F)c(F)cc2Cl)on1. The second-order valence-corrected chi connectivity index (χ2v) is 5.88. The van der Waals surface area contributed by atoms with Crippen LogP contribution in [0.25, 0.3) is 0 Å². The molecule has 1 fully saturated rings. The summed E-state index contributed by atoms with van der Waals surface area (Å²) in [6.07, 6.45) is 2.25. The van der Waals surface area contributed by atoms with Crippen LogP contribution in [-0.2, 0) is 6.42 Å². The van der Waals surface area contributed by atoms with Crippen molar-refractivity contribution in [2.45, 2.75) is 32.2 Å². The lowest BCUT2D eigenvalue weighted by Gasteiger charge is -2.23. The van der Waals surface area contributed by atoms with E-state index in [1.807, 2.05) is 13.0 Å². The van der Waals surface area contributed by atoms with Crippen molar-refractivity contribution in [3.05, 3.63) is 51.9 Å². The van der Waals surface area contributed by atoms with E-state index in [9.17, 15) is 13.6 Å². The molecule has 23 heavy (non-hydrogen) atoms. The molecule has 0 aliphatic carbocycles. The maximum absolute atomic E-state index is 13.4. The number of hydrogen-bond acceptors (Lipinski definition) is 3. The number of carbonyl (C=O) groups excluding carboxylic acids is 1. The summed E-state index contributed by atoms with van der Waals surface area (Å²) in [4.78, 5) is 14.2. The number of halogens is 3. The van der Waals surface area contributed by atoms with Gasteiger partial charge in [-0.2, -0.15) is 0 Å².